The number of carbonyl (C=O) groups excluding carboxylic acids is 1. The van der Waals surface area contributed by atoms with E-state index in [9.17, 15) is 4.79 Å². The van der Waals surface area contributed by atoms with Crippen molar-refractivity contribution in [1.29, 1.82) is 0 Å². The number of rotatable bonds is 2. The summed E-state index contributed by atoms with van der Waals surface area (Å²) in [5.74, 6) is 0.600. The summed E-state index contributed by atoms with van der Waals surface area (Å²) in [7, 11) is 1.83. The third-order valence-corrected chi connectivity index (χ3v) is 2.93. The van der Waals surface area contributed by atoms with Gasteiger partial charge < -0.3 is 15.0 Å². The highest BCUT2D eigenvalue weighted by molar-refractivity contribution is 5.67. The Morgan fingerprint density at radius 3 is 2.71 bits per heavy atom. The maximum atomic E-state index is 11.8. The second kappa shape index (κ2) is 6.24. The monoisotopic (exact) mass is 242 g/mol. The highest BCUT2D eigenvalue weighted by Crippen LogP contribution is 2.16. The Morgan fingerprint density at radius 2 is 2.06 bits per heavy atom. The third-order valence-electron chi connectivity index (χ3n) is 2.93. The predicted molar refractivity (Wildman–Crippen MR) is 69.1 cm³/mol. The van der Waals surface area contributed by atoms with Crippen LogP contribution in [-0.2, 0) is 4.74 Å². The lowest BCUT2D eigenvalue weighted by Crippen LogP contribution is -2.37. The molecule has 1 amide bonds. The molecule has 1 N–H and O–H groups in total. The average molecular weight is 242 g/mol. The molecule has 0 aliphatic carbocycles. The van der Waals surface area contributed by atoms with Gasteiger partial charge in [0.25, 0.3) is 0 Å². The number of nitrogens with zero attached hydrogens (tertiary/aromatic N) is 1. The lowest BCUT2D eigenvalue weighted by molar-refractivity contribution is 0.0269. The molecule has 1 unspecified atom stereocenters. The molecule has 1 aliphatic heterocycles. The van der Waals surface area contributed by atoms with E-state index >= 15 is 0 Å². The van der Waals surface area contributed by atoms with E-state index in [0.717, 1.165) is 26.1 Å². The van der Waals surface area contributed by atoms with E-state index in [-0.39, 0.29) is 6.09 Å². The van der Waals surface area contributed by atoms with Crippen LogP contribution in [0.25, 0.3) is 0 Å². The summed E-state index contributed by atoms with van der Waals surface area (Å²) >= 11 is 0. The van der Waals surface area contributed by atoms with Gasteiger partial charge in [0.15, 0.2) is 0 Å². The van der Waals surface area contributed by atoms with Crippen LogP contribution in [0.4, 0.5) is 4.79 Å². The normalized spacial score (nSPS) is 21.8. The fourth-order valence-corrected chi connectivity index (χ4v) is 2.08. The maximum absolute atomic E-state index is 11.8. The van der Waals surface area contributed by atoms with Crippen LogP contribution in [0.5, 0.6) is 0 Å². The van der Waals surface area contributed by atoms with Crippen LogP contribution in [0, 0.1) is 5.92 Å². The van der Waals surface area contributed by atoms with Crippen molar-refractivity contribution >= 4 is 6.09 Å². The van der Waals surface area contributed by atoms with Crippen LogP contribution in [0.15, 0.2) is 0 Å². The highest BCUT2D eigenvalue weighted by Gasteiger charge is 2.22. The van der Waals surface area contributed by atoms with E-state index in [4.69, 9.17) is 4.74 Å². The minimum absolute atomic E-state index is 0.213. The third kappa shape index (κ3) is 5.91. The summed E-state index contributed by atoms with van der Waals surface area (Å²) in [5.41, 5.74) is -0.406. The zero-order chi connectivity index (χ0) is 12.9. The fraction of sp³-hybridized carbons (Fsp3) is 0.923. The Bertz CT molecular complexity index is 240. The first kappa shape index (κ1) is 14.3. The van der Waals surface area contributed by atoms with Crippen molar-refractivity contribution in [2.24, 2.45) is 5.92 Å². The van der Waals surface area contributed by atoms with E-state index < -0.39 is 5.60 Å². The molecule has 1 fully saturated rings. The van der Waals surface area contributed by atoms with Crippen LogP contribution >= 0.6 is 0 Å². The van der Waals surface area contributed by atoms with Gasteiger partial charge in [0, 0.05) is 13.6 Å². The van der Waals surface area contributed by atoms with Gasteiger partial charge in [-0.15, -0.1) is 0 Å². The number of carbonyl (C=O) groups is 1. The molecule has 0 radical (unpaired) electrons. The zero-order valence-corrected chi connectivity index (χ0v) is 11.6. The van der Waals surface area contributed by atoms with Gasteiger partial charge in [0.2, 0.25) is 0 Å². The molecule has 1 heterocycles. The number of ether oxygens (including phenoxy) is 1. The van der Waals surface area contributed by atoms with E-state index in [2.05, 4.69) is 5.32 Å². The number of amides is 1. The molecule has 4 nitrogen and oxygen atoms in total. The first-order valence-corrected chi connectivity index (χ1v) is 6.53. The topological polar surface area (TPSA) is 41.6 Å². The molecule has 17 heavy (non-hydrogen) atoms. The van der Waals surface area contributed by atoms with Gasteiger partial charge in [-0.3, -0.25) is 0 Å². The number of hydrogen-bond donors (Lipinski definition) is 1. The van der Waals surface area contributed by atoms with Crippen molar-refractivity contribution in [3.05, 3.63) is 0 Å². The molecular weight excluding hydrogens is 216 g/mol. The van der Waals surface area contributed by atoms with Crippen molar-refractivity contribution in [1.82, 2.24) is 10.2 Å². The lowest BCUT2D eigenvalue weighted by Gasteiger charge is -2.27. The summed E-state index contributed by atoms with van der Waals surface area (Å²) in [4.78, 5) is 13.5. The van der Waals surface area contributed by atoms with Gasteiger partial charge in [0.05, 0.1) is 0 Å². The molecule has 1 aliphatic rings. The van der Waals surface area contributed by atoms with Gasteiger partial charge >= 0.3 is 6.09 Å². The molecule has 1 atom stereocenters. The van der Waals surface area contributed by atoms with Gasteiger partial charge in [-0.25, -0.2) is 4.79 Å². The van der Waals surface area contributed by atoms with Crippen molar-refractivity contribution in [3.63, 3.8) is 0 Å². The van der Waals surface area contributed by atoms with E-state index in [1.165, 1.54) is 12.8 Å². The number of nitrogens with one attached hydrogen (secondary N) is 1. The molecular formula is C13H26N2O2. The molecule has 1 saturated heterocycles. The molecule has 0 aromatic heterocycles. The Balaban J connectivity index is 2.36. The van der Waals surface area contributed by atoms with E-state index in [1.54, 1.807) is 4.90 Å². The van der Waals surface area contributed by atoms with Gasteiger partial charge in [-0.05, 0) is 59.0 Å². The predicted octanol–water partition coefficient (Wildman–Crippen LogP) is 2.24. The second-order valence-corrected chi connectivity index (χ2v) is 5.91. The largest absolute Gasteiger partial charge is 0.444 e. The molecule has 1 rings (SSSR count). The van der Waals surface area contributed by atoms with Gasteiger partial charge in [0.1, 0.15) is 5.60 Å². The molecule has 0 aromatic carbocycles. The zero-order valence-electron chi connectivity index (χ0n) is 11.6. The Morgan fingerprint density at radius 1 is 1.35 bits per heavy atom. The first-order chi connectivity index (χ1) is 7.88. The van der Waals surface area contributed by atoms with E-state index in [1.807, 2.05) is 27.8 Å². The second-order valence-electron chi connectivity index (χ2n) is 5.91. The summed E-state index contributed by atoms with van der Waals surface area (Å²) in [5, 5.41) is 3.38. The molecule has 0 spiro atoms. The summed E-state index contributed by atoms with van der Waals surface area (Å²) in [6.45, 7) is 8.66. The van der Waals surface area contributed by atoms with Gasteiger partial charge in [-0.1, -0.05) is 0 Å². The molecule has 0 bridgehead atoms. The van der Waals surface area contributed by atoms with Crippen molar-refractivity contribution < 1.29 is 9.53 Å². The Kier molecular flexibility index (Phi) is 5.25. The quantitative estimate of drug-likeness (QED) is 0.807. The molecule has 0 saturated carbocycles. The highest BCUT2D eigenvalue weighted by atomic mass is 16.6. The molecule has 4 heteroatoms. The maximum Gasteiger partial charge on any atom is 0.410 e. The Labute approximate surface area is 105 Å². The SMILES string of the molecule is CN(CC1CCCNCC1)C(=O)OC(C)(C)C. The smallest absolute Gasteiger partial charge is 0.410 e. The van der Waals surface area contributed by atoms with Gasteiger partial charge in [-0.2, -0.15) is 0 Å². The van der Waals surface area contributed by atoms with Crippen molar-refractivity contribution in [3.8, 4) is 0 Å². The van der Waals surface area contributed by atoms with Crippen LogP contribution in [0.2, 0.25) is 0 Å². The van der Waals surface area contributed by atoms with Crippen molar-refractivity contribution in [2.75, 3.05) is 26.7 Å². The summed E-state index contributed by atoms with van der Waals surface area (Å²) in [6.07, 6.45) is 3.33. The standard InChI is InChI=1S/C13H26N2O2/c1-13(2,3)17-12(16)15(4)10-11-6-5-8-14-9-7-11/h11,14H,5-10H2,1-4H3. The van der Waals surface area contributed by atoms with Crippen LogP contribution in [0.3, 0.4) is 0 Å². The summed E-state index contributed by atoms with van der Waals surface area (Å²) < 4.78 is 5.34. The fourth-order valence-electron chi connectivity index (χ4n) is 2.08. The minimum Gasteiger partial charge on any atom is -0.444 e. The molecule has 0 aromatic rings. The van der Waals surface area contributed by atoms with Crippen LogP contribution in [-0.4, -0.2) is 43.3 Å². The summed E-state index contributed by atoms with van der Waals surface area (Å²) in [6, 6.07) is 0. The minimum atomic E-state index is -0.406. The average Bonchev–Trinajstić information content (AvgIpc) is 2.43. The van der Waals surface area contributed by atoms with Crippen LogP contribution < -0.4 is 5.32 Å². The Hall–Kier alpha value is -0.770. The molecule has 100 valence electrons. The van der Waals surface area contributed by atoms with E-state index in [0.29, 0.717) is 5.92 Å². The van der Waals surface area contributed by atoms with Crippen molar-refractivity contribution in [2.45, 2.75) is 45.6 Å². The number of hydrogen-bond acceptors (Lipinski definition) is 3. The van der Waals surface area contributed by atoms with Crippen LogP contribution in [0.1, 0.15) is 40.0 Å². The first-order valence-electron chi connectivity index (χ1n) is 6.53. The lowest BCUT2D eigenvalue weighted by atomic mass is 10.0.